The topological polar surface area (TPSA) is 73.6 Å². The number of amides is 1. The lowest BCUT2D eigenvalue weighted by molar-refractivity contribution is 0.0635. The van der Waals surface area contributed by atoms with Gasteiger partial charge in [0.05, 0.1) is 12.8 Å². The summed E-state index contributed by atoms with van der Waals surface area (Å²) >= 11 is 0. The molecule has 20 heavy (non-hydrogen) atoms. The minimum absolute atomic E-state index is 0.0735. The zero-order valence-corrected chi connectivity index (χ0v) is 12.8. The molecular weight excluding hydrogens is 256 g/mol. The second-order valence-electron chi connectivity index (χ2n) is 5.84. The van der Waals surface area contributed by atoms with Gasteiger partial charge in [-0.1, -0.05) is 6.07 Å². The molecule has 1 aromatic carbocycles. The van der Waals surface area contributed by atoms with Gasteiger partial charge >= 0.3 is 6.09 Å². The third-order valence-electron chi connectivity index (χ3n) is 2.46. The van der Waals surface area contributed by atoms with Crippen LogP contribution in [-0.2, 0) is 11.2 Å². The normalized spacial score (nSPS) is 12.7. The van der Waals surface area contributed by atoms with Crippen molar-refractivity contribution >= 4 is 11.8 Å². The second kappa shape index (κ2) is 6.61. The number of nitrogens with one attached hydrogen (secondary N) is 1. The maximum absolute atomic E-state index is 11.8. The number of carbonyl (C=O) groups excluding carboxylic acids is 1. The molecule has 0 fully saturated rings. The fourth-order valence-corrected chi connectivity index (χ4v) is 1.75. The standard InChI is InChI=1S/C15H24N2O3/c1-10(16)8-11-6-7-12(13(9-11)19-5)17-14(18)20-15(2,3)4/h6-7,9-10H,8,16H2,1-5H3,(H,17,18)/t10-/m0/s1. The Balaban J connectivity index is 2.82. The molecule has 1 aromatic rings. The molecular formula is C15H24N2O3. The molecule has 0 bridgehead atoms. The van der Waals surface area contributed by atoms with E-state index in [0.29, 0.717) is 11.4 Å². The lowest BCUT2D eigenvalue weighted by Crippen LogP contribution is -2.27. The number of methoxy groups -OCH3 is 1. The van der Waals surface area contributed by atoms with Crippen LogP contribution >= 0.6 is 0 Å². The highest BCUT2D eigenvalue weighted by Gasteiger charge is 2.17. The van der Waals surface area contributed by atoms with Crippen LogP contribution in [0.2, 0.25) is 0 Å². The lowest BCUT2D eigenvalue weighted by Gasteiger charge is -2.20. The van der Waals surface area contributed by atoms with Gasteiger partial charge < -0.3 is 15.2 Å². The third-order valence-corrected chi connectivity index (χ3v) is 2.46. The fraction of sp³-hybridized carbons (Fsp3) is 0.533. The number of anilines is 1. The zero-order chi connectivity index (χ0) is 15.3. The number of hydrogen-bond acceptors (Lipinski definition) is 4. The van der Waals surface area contributed by atoms with E-state index in [0.717, 1.165) is 12.0 Å². The Hall–Kier alpha value is -1.75. The van der Waals surface area contributed by atoms with Crippen LogP contribution in [0.4, 0.5) is 10.5 Å². The van der Waals surface area contributed by atoms with Gasteiger partial charge in [-0.05, 0) is 51.8 Å². The number of hydrogen-bond donors (Lipinski definition) is 2. The Morgan fingerprint density at radius 2 is 2.05 bits per heavy atom. The highest BCUT2D eigenvalue weighted by Crippen LogP contribution is 2.26. The minimum atomic E-state index is -0.535. The number of carbonyl (C=O) groups is 1. The van der Waals surface area contributed by atoms with Gasteiger partial charge in [0.15, 0.2) is 0 Å². The number of nitrogens with two attached hydrogens (primary N) is 1. The van der Waals surface area contributed by atoms with E-state index in [9.17, 15) is 4.79 Å². The maximum Gasteiger partial charge on any atom is 0.412 e. The SMILES string of the molecule is COc1cc(C[C@H](C)N)ccc1NC(=O)OC(C)(C)C. The molecule has 0 spiro atoms. The molecule has 0 unspecified atom stereocenters. The number of rotatable bonds is 4. The van der Waals surface area contributed by atoms with Crippen molar-refractivity contribution in [3.05, 3.63) is 23.8 Å². The summed E-state index contributed by atoms with van der Waals surface area (Å²) in [6, 6.07) is 5.65. The van der Waals surface area contributed by atoms with Crippen LogP contribution in [0.5, 0.6) is 5.75 Å². The van der Waals surface area contributed by atoms with E-state index in [1.54, 1.807) is 13.2 Å². The Labute approximate surface area is 120 Å². The predicted octanol–water partition coefficient (Wildman–Crippen LogP) is 2.93. The Morgan fingerprint density at radius 3 is 2.55 bits per heavy atom. The summed E-state index contributed by atoms with van der Waals surface area (Å²) in [7, 11) is 1.56. The van der Waals surface area contributed by atoms with Crippen LogP contribution in [0.1, 0.15) is 33.3 Å². The number of benzene rings is 1. The van der Waals surface area contributed by atoms with Crippen LogP contribution in [0.3, 0.4) is 0 Å². The highest BCUT2D eigenvalue weighted by molar-refractivity contribution is 5.87. The summed E-state index contributed by atoms with van der Waals surface area (Å²) in [6.45, 7) is 7.39. The van der Waals surface area contributed by atoms with Crippen LogP contribution in [0.25, 0.3) is 0 Å². The van der Waals surface area contributed by atoms with Crippen molar-refractivity contribution in [2.24, 2.45) is 5.73 Å². The average Bonchev–Trinajstić information content (AvgIpc) is 2.27. The smallest absolute Gasteiger partial charge is 0.412 e. The van der Waals surface area contributed by atoms with Crippen LogP contribution in [0.15, 0.2) is 18.2 Å². The van der Waals surface area contributed by atoms with E-state index in [2.05, 4.69) is 5.32 Å². The van der Waals surface area contributed by atoms with Gasteiger partial charge in [-0.15, -0.1) is 0 Å². The Bertz CT molecular complexity index is 465. The summed E-state index contributed by atoms with van der Waals surface area (Å²) in [5, 5.41) is 2.68. The van der Waals surface area contributed by atoms with Gasteiger partial charge in [0, 0.05) is 6.04 Å². The third kappa shape index (κ3) is 5.48. The quantitative estimate of drug-likeness (QED) is 0.889. The molecule has 5 nitrogen and oxygen atoms in total. The number of ether oxygens (including phenoxy) is 2. The molecule has 0 saturated carbocycles. The molecule has 0 aliphatic heterocycles. The van der Waals surface area contributed by atoms with Crippen molar-refractivity contribution < 1.29 is 14.3 Å². The molecule has 0 aromatic heterocycles. The van der Waals surface area contributed by atoms with Gasteiger partial charge in [-0.3, -0.25) is 5.32 Å². The van der Waals surface area contributed by atoms with Crippen molar-refractivity contribution in [2.75, 3.05) is 12.4 Å². The van der Waals surface area contributed by atoms with E-state index in [4.69, 9.17) is 15.2 Å². The molecule has 3 N–H and O–H groups in total. The first kappa shape index (κ1) is 16.3. The monoisotopic (exact) mass is 280 g/mol. The van der Waals surface area contributed by atoms with Crippen molar-refractivity contribution in [1.82, 2.24) is 0 Å². The first-order chi connectivity index (χ1) is 9.21. The Morgan fingerprint density at radius 1 is 1.40 bits per heavy atom. The molecule has 0 aliphatic carbocycles. The van der Waals surface area contributed by atoms with E-state index >= 15 is 0 Å². The van der Waals surface area contributed by atoms with Gasteiger partial charge in [0.1, 0.15) is 11.4 Å². The summed E-state index contributed by atoms with van der Waals surface area (Å²) in [5.41, 5.74) is 6.88. The van der Waals surface area contributed by atoms with Crippen LogP contribution in [-0.4, -0.2) is 24.8 Å². The zero-order valence-electron chi connectivity index (χ0n) is 12.8. The van der Waals surface area contributed by atoms with Gasteiger partial charge in [-0.25, -0.2) is 4.79 Å². The second-order valence-corrected chi connectivity index (χ2v) is 5.84. The largest absolute Gasteiger partial charge is 0.495 e. The summed E-state index contributed by atoms with van der Waals surface area (Å²) in [4.78, 5) is 11.8. The van der Waals surface area contributed by atoms with Gasteiger partial charge in [0.2, 0.25) is 0 Å². The van der Waals surface area contributed by atoms with E-state index in [1.807, 2.05) is 39.8 Å². The first-order valence-corrected chi connectivity index (χ1v) is 6.64. The van der Waals surface area contributed by atoms with Gasteiger partial charge in [0.25, 0.3) is 0 Å². The first-order valence-electron chi connectivity index (χ1n) is 6.64. The molecule has 1 amide bonds. The van der Waals surface area contributed by atoms with Crippen molar-refractivity contribution in [3.63, 3.8) is 0 Å². The maximum atomic E-state index is 11.8. The molecule has 1 atom stereocenters. The molecule has 0 heterocycles. The Kier molecular flexibility index (Phi) is 5.39. The fourth-order valence-electron chi connectivity index (χ4n) is 1.75. The van der Waals surface area contributed by atoms with Crippen molar-refractivity contribution in [1.29, 1.82) is 0 Å². The van der Waals surface area contributed by atoms with Crippen LogP contribution < -0.4 is 15.8 Å². The van der Waals surface area contributed by atoms with E-state index in [1.165, 1.54) is 0 Å². The average molecular weight is 280 g/mol. The molecule has 0 saturated heterocycles. The molecule has 112 valence electrons. The molecule has 0 aliphatic rings. The minimum Gasteiger partial charge on any atom is -0.495 e. The summed E-state index contributed by atoms with van der Waals surface area (Å²) in [5.74, 6) is 0.592. The molecule has 0 radical (unpaired) electrons. The molecule has 1 rings (SSSR count). The summed E-state index contributed by atoms with van der Waals surface area (Å²) < 4.78 is 10.5. The van der Waals surface area contributed by atoms with Crippen LogP contribution in [0, 0.1) is 0 Å². The van der Waals surface area contributed by atoms with E-state index in [-0.39, 0.29) is 6.04 Å². The van der Waals surface area contributed by atoms with Crippen molar-refractivity contribution in [2.45, 2.75) is 45.8 Å². The molecule has 5 heteroatoms. The van der Waals surface area contributed by atoms with E-state index < -0.39 is 11.7 Å². The lowest BCUT2D eigenvalue weighted by atomic mass is 10.1. The highest BCUT2D eigenvalue weighted by atomic mass is 16.6. The predicted molar refractivity (Wildman–Crippen MR) is 80.2 cm³/mol. The van der Waals surface area contributed by atoms with Crippen molar-refractivity contribution in [3.8, 4) is 5.75 Å². The summed E-state index contributed by atoms with van der Waals surface area (Å²) in [6.07, 6.45) is 0.249. The van der Waals surface area contributed by atoms with Gasteiger partial charge in [-0.2, -0.15) is 0 Å².